The van der Waals surface area contributed by atoms with Gasteiger partial charge >= 0.3 is 0 Å². The van der Waals surface area contributed by atoms with Crippen molar-refractivity contribution >= 4 is 5.91 Å². The second-order valence-corrected chi connectivity index (χ2v) is 5.51. The molecule has 5 nitrogen and oxygen atoms in total. The fourth-order valence-electron chi connectivity index (χ4n) is 2.34. The minimum Gasteiger partial charge on any atom is -0.493 e. The number of amides is 1. The van der Waals surface area contributed by atoms with Crippen molar-refractivity contribution in [3.05, 3.63) is 29.8 Å². The van der Waals surface area contributed by atoms with Gasteiger partial charge in [0.25, 0.3) is 0 Å². The van der Waals surface area contributed by atoms with E-state index in [0.29, 0.717) is 32.7 Å². The molecule has 2 N–H and O–H groups in total. The van der Waals surface area contributed by atoms with Gasteiger partial charge in [0, 0.05) is 13.2 Å². The predicted molar refractivity (Wildman–Crippen MR) is 79.3 cm³/mol. The summed E-state index contributed by atoms with van der Waals surface area (Å²) in [5, 5.41) is 12.4. The van der Waals surface area contributed by atoms with Crippen molar-refractivity contribution in [2.24, 2.45) is 0 Å². The molecule has 0 unspecified atom stereocenters. The Morgan fingerprint density at radius 1 is 1.33 bits per heavy atom. The molecule has 0 radical (unpaired) electrons. The van der Waals surface area contributed by atoms with Crippen LogP contribution in [0.1, 0.15) is 24.8 Å². The zero-order valence-electron chi connectivity index (χ0n) is 12.4. The van der Waals surface area contributed by atoms with Gasteiger partial charge in [0.2, 0.25) is 5.91 Å². The maximum atomic E-state index is 12.0. The molecule has 1 amide bonds. The van der Waals surface area contributed by atoms with E-state index in [1.54, 1.807) is 0 Å². The number of benzene rings is 1. The Morgan fingerprint density at radius 2 is 2.00 bits per heavy atom. The summed E-state index contributed by atoms with van der Waals surface area (Å²) < 4.78 is 10.8. The molecule has 1 aromatic rings. The number of carbonyl (C=O) groups is 1. The van der Waals surface area contributed by atoms with Crippen molar-refractivity contribution in [3.8, 4) is 5.75 Å². The maximum absolute atomic E-state index is 12.0. The molecule has 1 heterocycles. The minimum absolute atomic E-state index is 0.0546. The highest BCUT2D eigenvalue weighted by molar-refractivity contribution is 5.77. The van der Waals surface area contributed by atoms with Crippen molar-refractivity contribution in [1.29, 1.82) is 0 Å². The number of carbonyl (C=O) groups excluding carboxylic acids is 1. The monoisotopic (exact) mass is 293 g/mol. The fraction of sp³-hybridized carbons (Fsp3) is 0.562. The van der Waals surface area contributed by atoms with E-state index in [1.165, 1.54) is 5.56 Å². The Morgan fingerprint density at radius 3 is 2.62 bits per heavy atom. The van der Waals surface area contributed by atoms with Crippen LogP contribution in [0.25, 0.3) is 0 Å². The van der Waals surface area contributed by atoms with Crippen LogP contribution >= 0.6 is 0 Å². The van der Waals surface area contributed by atoms with Crippen LogP contribution in [0.4, 0.5) is 0 Å². The van der Waals surface area contributed by atoms with Gasteiger partial charge in [-0.05, 0) is 31.9 Å². The number of aryl methyl sites for hydroxylation is 1. The summed E-state index contributed by atoms with van der Waals surface area (Å²) in [6.45, 7) is 3.43. The molecular formula is C16H23NO4. The van der Waals surface area contributed by atoms with Gasteiger partial charge in [-0.2, -0.15) is 0 Å². The van der Waals surface area contributed by atoms with Crippen molar-refractivity contribution in [2.75, 3.05) is 26.4 Å². The first-order valence-electron chi connectivity index (χ1n) is 7.33. The van der Waals surface area contributed by atoms with Crippen molar-refractivity contribution in [3.63, 3.8) is 0 Å². The summed E-state index contributed by atoms with van der Waals surface area (Å²) in [6, 6.07) is 7.72. The highest BCUT2D eigenvalue weighted by Gasteiger charge is 2.33. The molecule has 2 rings (SSSR count). The molecule has 21 heavy (non-hydrogen) atoms. The van der Waals surface area contributed by atoms with E-state index >= 15 is 0 Å². The number of hydrogen-bond acceptors (Lipinski definition) is 4. The molecule has 0 saturated carbocycles. The zero-order valence-corrected chi connectivity index (χ0v) is 12.4. The van der Waals surface area contributed by atoms with Gasteiger partial charge in [0.05, 0.1) is 25.2 Å². The van der Waals surface area contributed by atoms with Crippen LogP contribution in [-0.4, -0.2) is 43.0 Å². The molecule has 0 spiro atoms. The fourth-order valence-corrected chi connectivity index (χ4v) is 2.34. The van der Waals surface area contributed by atoms with Crippen molar-refractivity contribution < 1.29 is 19.4 Å². The zero-order chi connectivity index (χ0) is 15.1. The van der Waals surface area contributed by atoms with Gasteiger partial charge in [-0.25, -0.2) is 0 Å². The van der Waals surface area contributed by atoms with Gasteiger partial charge in [-0.1, -0.05) is 17.7 Å². The van der Waals surface area contributed by atoms with E-state index < -0.39 is 5.54 Å². The third kappa shape index (κ3) is 4.72. The molecule has 0 atom stereocenters. The standard InChI is InChI=1S/C16H23NO4/c1-13-2-4-14(5-3-13)21-9-6-15(19)17-16(12-18)7-10-20-11-8-16/h2-5,18H,6-12H2,1H3,(H,17,19). The summed E-state index contributed by atoms with van der Waals surface area (Å²) in [5.74, 6) is 0.661. The molecule has 0 aromatic heterocycles. The van der Waals surface area contributed by atoms with Gasteiger partial charge in [-0.3, -0.25) is 4.79 Å². The lowest BCUT2D eigenvalue weighted by atomic mass is 9.91. The Labute approximate surface area is 125 Å². The number of ether oxygens (including phenoxy) is 2. The van der Waals surface area contributed by atoms with Crippen LogP contribution in [0.5, 0.6) is 5.75 Å². The topological polar surface area (TPSA) is 67.8 Å². The number of aliphatic hydroxyl groups is 1. The lowest BCUT2D eigenvalue weighted by Gasteiger charge is -2.36. The molecule has 1 fully saturated rings. The number of aliphatic hydroxyl groups excluding tert-OH is 1. The molecule has 0 bridgehead atoms. The smallest absolute Gasteiger partial charge is 0.223 e. The molecule has 1 saturated heterocycles. The van der Waals surface area contributed by atoms with Crippen LogP contribution < -0.4 is 10.1 Å². The Kier molecular flexibility index (Phi) is 5.59. The molecular weight excluding hydrogens is 270 g/mol. The van der Waals surface area contributed by atoms with Crippen LogP contribution in [0, 0.1) is 6.92 Å². The summed E-state index contributed by atoms with van der Waals surface area (Å²) in [7, 11) is 0. The average molecular weight is 293 g/mol. The first-order chi connectivity index (χ1) is 10.1. The predicted octanol–water partition coefficient (Wildman–Crippen LogP) is 1.42. The summed E-state index contributed by atoms with van der Waals surface area (Å²) >= 11 is 0. The quantitative estimate of drug-likeness (QED) is 0.832. The van der Waals surface area contributed by atoms with Gasteiger partial charge in [0.1, 0.15) is 5.75 Å². The average Bonchev–Trinajstić information content (AvgIpc) is 2.50. The minimum atomic E-state index is -0.529. The summed E-state index contributed by atoms with van der Waals surface area (Å²) in [6.07, 6.45) is 1.57. The lowest BCUT2D eigenvalue weighted by Crippen LogP contribution is -2.54. The van der Waals surface area contributed by atoms with Crippen LogP contribution in [0.2, 0.25) is 0 Å². The van der Waals surface area contributed by atoms with E-state index in [1.807, 2.05) is 31.2 Å². The first kappa shape index (κ1) is 15.8. The SMILES string of the molecule is Cc1ccc(OCCC(=O)NC2(CO)CCOCC2)cc1. The van der Waals surface area contributed by atoms with Gasteiger partial charge in [-0.15, -0.1) is 0 Å². The second-order valence-electron chi connectivity index (χ2n) is 5.51. The Bertz CT molecular complexity index is 452. The van der Waals surface area contributed by atoms with E-state index in [-0.39, 0.29) is 18.9 Å². The Balaban J connectivity index is 1.75. The first-order valence-corrected chi connectivity index (χ1v) is 7.33. The third-order valence-electron chi connectivity index (χ3n) is 3.78. The highest BCUT2D eigenvalue weighted by atomic mass is 16.5. The normalized spacial score (nSPS) is 17.2. The Hall–Kier alpha value is -1.59. The molecule has 1 aliphatic heterocycles. The van der Waals surface area contributed by atoms with Gasteiger partial charge in [0.15, 0.2) is 0 Å². The van der Waals surface area contributed by atoms with E-state index in [0.717, 1.165) is 5.75 Å². The van der Waals surface area contributed by atoms with Crippen LogP contribution in [0.3, 0.4) is 0 Å². The number of hydrogen-bond donors (Lipinski definition) is 2. The number of rotatable bonds is 6. The number of nitrogens with one attached hydrogen (secondary N) is 1. The van der Waals surface area contributed by atoms with Crippen molar-refractivity contribution in [2.45, 2.75) is 31.7 Å². The third-order valence-corrected chi connectivity index (χ3v) is 3.78. The van der Waals surface area contributed by atoms with E-state index in [4.69, 9.17) is 9.47 Å². The van der Waals surface area contributed by atoms with Crippen LogP contribution in [0.15, 0.2) is 24.3 Å². The molecule has 0 aliphatic carbocycles. The largest absolute Gasteiger partial charge is 0.493 e. The highest BCUT2D eigenvalue weighted by Crippen LogP contribution is 2.20. The summed E-state index contributed by atoms with van der Waals surface area (Å²) in [5.41, 5.74) is 0.642. The lowest BCUT2D eigenvalue weighted by molar-refractivity contribution is -0.125. The van der Waals surface area contributed by atoms with E-state index in [9.17, 15) is 9.90 Å². The maximum Gasteiger partial charge on any atom is 0.223 e. The summed E-state index contributed by atoms with van der Waals surface area (Å²) in [4.78, 5) is 12.0. The second kappa shape index (κ2) is 7.43. The van der Waals surface area contributed by atoms with Crippen LogP contribution in [-0.2, 0) is 9.53 Å². The van der Waals surface area contributed by atoms with Gasteiger partial charge < -0.3 is 19.9 Å². The molecule has 116 valence electrons. The van der Waals surface area contributed by atoms with E-state index in [2.05, 4.69) is 5.32 Å². The molecule has 5 heteroatoms. The molecule has 1 aliphatic rings. The van der Waals surface area contributed by atoms with Crippen molar-refractivity contribution in [1.82, 2.24) is 5.32 Å². The molecule has 1 aromatic carbocycles.